The number of esters is 1. The molecule has 10 heteroatoms. The van der Waals surface area contributed by atoms with Crippen LogP contribution in [0.4, 0.5) is 5.69 Å². The Hall–Kier alpha value is -4.80. The third-order valence-corrected chi connectivity index (χ3v) is 6.67. The average molecular weight is 608 g/mol. The molecule has 0 spiro atoms. The zero-order valence-electron chi connectivity index (χ0n) is 25.4. The average Bonchev–Trinajstić information content (AvgIpc) is 2.96. The van der Waals surface area contributed by atoms with Crippen LogP contribution in [0.5, 0.6) is 0 Å². The van der Waals surface area contributed by atoms with E-state index < -0.39 is 16.0 Å². The lowest BCUT2D eigenvalue weighted by Crippen LogP contribution is -2.19. The molecular weight excluding hydrogens is 566 g/mol. The van der Waals surface area contributed by atoms with Crippen LogP contribution in [0, 0.1) is 25.2 Å². The molecule has 230 valence electrons. The molecule has 0 fully saturated rings. The van der Waals surface area contributed by atoms with Crippen LogP contribution in [-0.2, 0) is 37.3 Å². The van der Waals surface area contributed by atoms with E-state index in [-0.39, 0.29) is 47.3 Å². The summed E-state index contributed by atoms with van der Waals surface area (Å²) in [5, 5.41) is 12.7. The molecule has 0 bridgehead atoms. The monoisotopic (exact) mass is 607 g/mol. The highest BCUT2D eigenvalue weighted by Gasteiger charge is 2.25. The van der Waals surface area contributed by atoms with Gasteiger partial charge in [-0.25, -0.2) is 9.78 Å². The summed E-state index contributed by atoms with van der Waals surface area (Å²) in [5.74, 6) is 1.80. The molecule has 2 heterocycles. The number of hydrogen-bond acceptors (Lipinski definition) is 7. The molecular formula is C33H41N3O6S. The van der Waals surface area contributed by atoms with Crippen molar-refractivity contribution in [1.29, 1.82) is 0 Å². The lowest BCUT2D eigenvalue weighted by atomic mass is 10.0. The van der Waals surface area contributed by atoms with Crippen molar-refractivity contribution in [2.45, 2.75) is 71.9 Å². The number of rotatable bonds is 9. The van der Waals surface area contributed by atoms with Crippen LogP contribution in [0.3, 0.4) is 0 Å². The third-order valence-electron chi connectivity index (χ3n) is 5.37. The predicted octanol–water partition coefficient (Wildman–Crippen LogP) is 5.98. The van der Waals surface area contributed by atoms with Gasteiger partial charge in [-0.15, -0.1) is 31.8 Å². The van der Waals surface area contributed by atoms with E-state index in [1.54, 1.807) is 43.3 Å². The van der Waals surface area contributed by atoms with Crippen molar-refractivity contribution in [2.75, 3.05) is 4.72 Å². The van der Waals surface area contributed by atoms with E-state index in [2.05, 4.69) is 53.7 Å². The molecule has 2 aromatic rings. The van der Waals surface area contributed by atoms with E-state index in [0.29, 0.717) is 23.3 Å². The maximum absolute atomic E-state index is 12.7. The number of carbonyl (C=O) groups excluding carboxylic acids is 2. The Morgan fingerprint density at radius 3 is 2.30 bits per heavy atom. The number of allylic oxidation sites excluding steroid dienone is 2. The molecule has 0 radical (unpaired) electrons. The second kappa shape index (κ2) is 20.1. The number of aromatic nitrogens is 1. The van der Waals surface area contributed by atoms with Crippen LogP contribution in [0.1, 0.15) is 65.0 Å². The zero-order chi connectivity index (χ0) is 33.0. The molecule has 0 saturated heterocycles. The number of terminal acetylenes is 2. The number of benzene rings is 1. The minimum Gasteiger partial charge on any atom is -0.511 e. The summed E-state index contributed by atoms with van der Waals surface area (Å²) >= 11 is 0. The van der Waals surface area contributed by atoms with Gasteiger partial charge in [0.05, 0.1) is 12.0 Å². The van der Waals surface area contributed by atoms with Crippen molar-refractivity contribution in [1.82, 2.24) is 10.3 Å². The smallest absolute Gasteiger partial charge is 0.342 e. The normalized spacial score (nSPS) is 12.9. The van der Waals surface area contributed by atoms with Gasteiger partial charge in [0.1, 0.15) is 11.5 Å². The summed E-state index contributed by atoms with van der Waals surface area (Å²) in [5.41, 5.74) is 2.96. The highest BCUT2D eigenvalue weighted by atomic mass is 32.2. The van der Waals surface area contributed by atoms with Gasteiger partial charge in [-0.3, -0.25) is 9.52 Å². The highest BCUT2D eigenvalue weighted by molar-refractivity contribution is 7.92. The lowest BCUT2D eigenvalue weighted by Gasteiger charge is -2.18. The molecule has 3 rings (SSSR count). The first-order chi connectivity index (χ1) is 20.4. The van der Waals surface area contributed by atoms with Crippen molar-refractivity contribution < 1.29 is 27.9 Å². The van der Waals surface area contributed by atoms with Gasteiger partial charge in [0.2, 0.25) is 5.91 Å². The van der Waals surface area contributed by atoms with Crippen LogP contribution in [0.25, 0.3) is 0 Å². The molecule has 1 aliphatic rings. The summed E-state index contributed by atoms with van der Waals surface area (Å²) in [4.78, 5) is 27.2. The molecule has 0 unspecified atom stereocenters. The Morgan fingerprint density at radius 1 is 1.19 bits per heavy atom. The second-order valence-electron chi connectivity index (χ2n) is 9.07. The van der Waals surface area contributed by atoms with Gasteiger partial charge in [-0.05, 0) is 62.1 Å². The predicted molar refractivity (Wildman–Crippen MR) is 171 cm³/mol. The van der Waals surface area contributed by atoms with E-state index in [1.165, 1.54) is 24.8 Å². The largest absolute Gasteiger partial charge is 0.511 e. The van der Waals surface area contributed by atoms with Gasteiger partial charge in [0.15, 0.2) is 5.03 Å². The number of pyridine rings is 1. The quantitative estimate of drug-likeness (QED) is 0.181. The van der Waals surface area contributed by atoms with Crippen molar-refractivity contribution in [3.8, 4) is 25.2 Å². The van der Waals surface area contributed by atoms with Crippen LogP contribution >= 0.6 is 0 Å². The Balaban J connectivity index is 0.00000155. The van der Waals surface area contributed by atoms with Crippen molar-refractivity contribution >= 4 is 27.6 Å². The highest BCUT2D eigenvalue weighted by Crippen LogP contribution is 2.26. The lowest BCUT2D eigenvalue weighted by molar-refractivity contribution is -0.136. The van der Waals surface area contributed by atoms with Crippen LogP contribution < -0.4 is 10.0 Å². The molecule has 0 atom stereocenters. The van der Waals surface area contributed by atoms with E-state index in [0.717, 1.165) is 6.42 Å². The number of hydrogen-bond donors (Lipinski definition) is 3. The number of carbonyl (C=O) groups is 2. The number of aliphatic hydroxyl groups excluding tert-OH is 1. The number of ether oxygens (including phenoxy) is 1. The minimum absolute atomic E-state index is 0.0551. The van der Waals surface area contributed by atoms with Crippen molar-refractivity contribution in [3.05, 3.63) is 89.0 Å². The SMILES string of the molecule is C#C.C#CC.C=C(C)CC.CC/C=C1\CC(O)=C(Cc2cccc(NS(=O)(=O)c3ccc(CNC(C)=O)cn3)c2)C(=O)O1. The van der Waals surface area contributed by atoms with Gasteiger partial charge >= 0.3 is 5.97 Å². The fourth-order valence-electron chi connectivity index (χ4n) is 3.18. The van der Waals surface area contributed by atoms with Crippen molar-refractivity contribution in [2.24, 2.45) is 0 Å². The van der Waals surface area contributed by atoms with E-state index in [9.17, 15) is 23.1 Å². The molecule has 1 amide bonds. The van der Waals surface area contributed by atoms with Gasteiger partial charge in [-0.1, -0.05) is 37.6 Å². The molecule has 9 nitrogen and oxygen atoms in total. The van der Waals surface area contributed by atoms with Crippen LogP contribution in [-0.4, -0.2) is 30.4 Å². The fraction of sp³-hybridized carbons (Fsp3) is 0.303. The zero-order valence-corrected chi connectivity index (χ0v) is 26.3. The number of cyclic esters (lactones) is 1. The third kappa shape index (κ3) is 14.6. The summed E-state index contributed by atoms with van der Waals surface area (Å²) < 4.78 is 33.1. The Morgan fingerprint density at radius 2 is 1.81 bits per heavy atom. The summed E-state index contributed by atoms with van der Waals surface area (Å²) in [6.07, 6.45) is 17.7. The number of anilines is 1. The first-order valence-corrected chi connectivity index (χ1v) is 14.8. The van der Waals surface area contributed by atoms with Gasteiger partial charge in [-0.2, -0.15) is 8.42 Å². The standard InChI is InChI=1S/C23H25N3O6S.C5H10.C3H4.C2H2/c1-3-5-19-12-21(28)20(23(29)32-19)11-16-6-4-7-18(10-16)26-33(30,31)22-9-8-17(14-25-22)13-24-15(2)27;1-4-5(2)3;1-3-2;1-2/h4-10,14,26,28H,3,11-13H2,1-2H3,(H,24,27);2,4H2,1,3H3;1H,2H3;1-2H/b19-5+;;;. The topological polar surface area (TPSA) is 135 Å². The molecule has 1 aliphatic heterocycles. The van der Waals surface area contributed by atoms with Crippen LogP contribution in [0.2, 0.25) is 0 Å². The Bertz CT molecular complexity index is 1460. The van der Waals surface area contributed by atoms with Crippen molar-refractivity contribution in [3.63, 3.8) is 0 Å². The summed E-state index contributed by atoms with van der Waals surface area (Å²) in [6.45, 7) is 13.0. The van der Waals surface area contributed by atoms with Gasteiger partial charge < -0.3 is 15.2 Å². The Labute approximate surface area is 256 Å². The number of sulfonamides is 1. The van der Waals surface area contributed by atoms with E-state index in [1.807, 2.05) is 13.8 Å². The number of nitrogens with zero attached hydrogens (tertiary/aromatic N) is 1. The first-order valence-electron chi connectivity index (χ1n) is 13.3. The molecule has 3 N–H and O–H groups in total. The van der Waals surface area contributed by atoms with Gasteiger partial charge in [0.25, 0.3) is 10.0 Å². The second-order valence-corrected chi connectivity index (χ2v) is 10.7. The maximum Gasteiger partial charge on any atom is 0.342 e. The summed E-state index contributed by atoms with van der Waals surface area (Å²) in [6, 6.07) is 9.43. The molecule has 0 saturated carbocycles. The number of nitrogens with one attached hydrogen (secondary N) is 2. The van der Waals surface area contributed by atoms with Crippen LogP contribution in [0.15, 0.2) is 82.9 Å². The summed E-state index contributed by atoms with van der Waals surface area (Å²) in [7, 11) is -3.96. The number of aliphatic hydroxyl groups is 1. The maximum atomic E-state index is 12.7. The molecule has 1 aromatic heterocycles. The Kier molecular flexibility index (Phi) is 17.9. The molecule has 1 aromatic carbocycles. The van der Waals surface area contributed by atoms with E-state index >= 15 is 0 Å². The molecule has 0 aliphatic carbocycles. The first kappa shape index (κ1) is 38.2. The minimum atomic E-state index is -3.96. The number of amides is 1. The fourth-order valence-corrected chi connectivity index (χ4v) is 4.16. The van der Waals surface area contributed by atoms with E-state index in [4.69, 9.17) is 4.74 Å². The molecule has 43 heavy (non-hydrogen) atoms. The van der Waals surface area contributed by atoms with Gasteiger partial charge in [0, 0.05) is 31.8 Å².